The first-order valence-corrected chi connectivity index (χ1v) is 11.1. The Morgan fingerprint density at radius 1 is 0.794 bits per heavy atom. The van der Waals surface area contributed by atoms with E-state index in [0.29, 0.717) is 55.4 Å². The molecule has 0 aliphatic carbocycles. The van der Waals surface area contributed by atoms with Crippen molar-refractivity contribution < 1.29 is 14.3 Å². The van der Waals surface area contributed by atoms with Crippen LogP contribution in [0.3, 0.4) is 0 Å². The second kappa shape index (κ2) is 9.47. The van der Waals surface area contributed by atoms with Crippen LogP contribution < -0.4 is 14.8 Å². The quantitative estimate of drug-likeness (QED) is 0.262. The van der Waals surface area contributed by atoms with Gasteiger partial charge in [0.05, 0.1) is 26.6 Å². The lowest BCUT2D eigenvalue weighted by atomic mass is 10.2. The Morgan fingerprint density at radius 3 is 2.32 bits per heavy atom. The van der Waals surface area contributed by atoms with E-state index in [4.69, 9.17) is 32.7 Å². The van der Waals surface area contributed by atoms with Gasteiger partial charge in [0.25, 0.3) is 0 Å². The smallest absolute Gasteiger partial charge is 0.417 e. The lowest BCUT2D eigenvalue weighted by Gasteiger charge is -2.09. The van der Waals surface area contributed by atoms with Gasteiger partial charge in [0.1, 0.15) is 23.1 Å². The Kier molecular flexibility index (Phi) is 6.08. The van der Waals surface area contributed by atoms with E-state index in [-0.39, 0.29) is 0 Å². The normalized spacial score (nSPS) is 10.8. The van der Waals surface area contributed by atoms with E-state index < -0.39 is 6.09 Å². The number of halogens is 2. The molecule has 1 aromatic heterocycles. The zero-order chi connectivity index (χ0) is 23.5. The maximum atomic E-state index is 12.5. The van der Waals surface area contributed by atoms with Crippen molar-refractivity contribution in [2.45, 2.75) is 0 Å². The largest absolute Gasteiger partial charge is 0.457 e. The molecule has 5 rings (SSSR count). The van der Waals surface area contributed by atoms with Crippen LogP contribution in [0.1, 0.15) is 0 Å². The number of nitrogens with zero attached hydrogens (tertiary/aromatic N) is 1. The number of nitrogens with one attached hydrogen (secondary N) is 2. The van der Waals surface area contributed by atoms with Crippen LogP contribution in [0.15, 0.2) is 91.0 Å². The van der Waals surface area contributed by atoms with Crippen molar-refractivity contribution in [2.24, 2.45) is 0 Å². The molecule has 0 bridgehead atoms. The zero-order valence-electron chi connectivity index (χ0n) is 17.6. The Bertz CT molecular complexity index is 1470. The van der Waals surface area contributed by atoms with E-state index in [1.165, 1.54) is 0 Å². The highest BCUT2D eigenvalue weighted by atomic mass is 35.5. The van der Waals surface area contributed by atoms with Crippen LogP contribution >= 0.6 is 23.2 Å². The molecule has 1 heterocycles. The van der Waals surface area contributed by atoms with Gasteiger partial charge in [-0.15, -0.1) is 0 Å². The molecule has 0 saturated heterocycles. The van der Waals surface area contributed by atoms with Gasteiger partial charge >= 0.3 is 6.09 Å². The number of aromatic amines is 1. The molecule has 0 saturated carbocycles. The van der Waals surface area contributed by atoms with Crippen LogP contribution in [0.25, 0.3) is 22.4 Å². The van der Waals surface area contributed by atoms with Crippen molar-refractivity contribution in [3.8, 4) is 28.6 Å². The SMILES string of the molecule is O=C(Nc1cccc(Oc2ccccc2)c1)Oc1ccc2nc(-c3c(Cl)cccc3Cl)[nH]c2c1. The van der Waals surface area contributed by atoms with E-state index in [1.807, 2.05) is 30.3 Å². The number of hydrogen-bond acceptors (Lipinski definition) is 4. The van der Waals surface area contributed by atoms with E-state index in [2.05, 4.69) is 15.3 Å². The second-order valence-corrected chi connectivity index (χ2v) is 8.13. The molecule has 0 atom stereocenters. The molecule has 6 nitrogen and oxygen atoms in total. The summed E-state index contributed by atoms with van der Waals surface area (Å²) in [6.07, 6.45) is -0.634. The van der Waals surface area contributed by atoms with Gasteiger partial charge in [0.2, 0.25) is 0 Å². The molecule has 34 heavy (non-hydrogen) atoms. The molecule has 4 aromatic carbocycles. The lowest BCUT2D eigenvalue weighted by molar-refractivity contribution is 0.215. The van der Waals surface area contributed by atoms with Gasteiger partial charge in [-0.25, -0.2) is 9.78 Å². The molecule has 0 unspecified atom stereocenters. The number of carbonyl (C=O) groups excluding carboxylic acids is 1. The maximum absolute atomic E-state index is 12.5. The molecule has 5 aromatic rings. The van der Waals surface area contributed by atoms with Crippen molar-refractivity contribution >= 4 is 46.0 Å². The highest BCUT2D eigenvalue weighted by Crippen LogP contribution is 2.34. The fraction of sp³-hybridized carbons (Fsp3) is 0. The topological polar surface area (TPSA) is 76.2 Å². The number of fused-ring (bicyclic) bond motifs is 1. The lowest BCUT2D eigenvalue weighted by Crippen LogP contribution is -2.16. The second-order valence-electron chi connectivity index (χ2n) is 7.32. The Balaban J connectivity index is 1.30. The minimum atomic E-state index is -0.634. The number of anilines is 1. The number of H-pyrrole nitrogens is 1. The summed E-state index contributed by atoms with van der Waals surface area (Å²) in [5, 5.41) is 3.68. The van der Waals surface area contributed by atoms with Crippen molar-refractivity contribution in [1.82, 2.24) is 9.97 Å². The van der Waals surface area contributed by atoms with E-state index in [1.54, 1.807) is 60.7 Å². The molecular weight excluding hydrogens is 473 g/mol. The summed E-state index contributed by atoms with van der Waals surface area (Å²) >= 11 is 12.6. The number of hydrogen-bond donors (Lipinski definition) is 2. The highest BCUT2D eigenvalue weighted by molar-refractivity contribution is 6.39. The molecule has 0 aliphatic heterocycles. The first-order valence-electron chi connectivity index (χ1n) is 10.3. The standard InChI is InChI=1S/C26H17Cl2N3O3/c27-20-10-5-11-21(28)24(20)25-30-22-13-12-19(15-23(22)31-25)34-26(32)29-16-6-4-9-18(14-16)33-17-7-2-1-3-8-17/h1-15H,(H,29,32)(H,30,31). The predicted molar refractivity (Wildman–Crippen MR) is 134 cm³/mol. The minimum Gasteiger partial charge on any atom is -0.457 e. The number of aromatic nitrogens is 2. The molecular formula is C26H17Cl2N3O3. The van der Waals surface area contributed by atoms with Crippen molar-refractivity contribution in [1.29, 1.82) is 0 Å². The number of imidazole rings is 1. The van der Waals surface area contributed by atoms with Gasteiger partial charge in [-0.05, 0) is 48.5 Å². The number of para-hydroxylation sites is 1. The van der Waals surface area contributed by atoms with Crippen molar-refractivity contribution in [3.05, 3.63) is 101 Å². The molecule has 0 radical (unpaired) electrons. The van der Waals surface area contributed by atoms with Crippen LogP contribution in [0, 0.1) is 0 Å². The van der Waals surface area contributed by atoms with Gasteiger partial charge in [0.15, 0.2) is 0 Å². The van der Waals surface area contributed by atoms with Gasteiger partial charge in [0, 0.05) is 17.8 Å². The number of carbonyl (C=O) groups is 1. The van der Waals surface area contributed by atoms with Crippen LogP contribution in [-0.4, -0.2) is 16.1 Å². The van der Waals surface area contributed by atoms with Crippen LogP contribution in [0.5, 0.6) is 17.2 Å². The first-order chi connectivity index (χ1) is 16.5. The van der Waals surface area contributed by atoms with Gasteiger partial charge in [-0.3, -0.25) is 5.32 Å². The summed E-state index contributed by atoms with van der Waals surface area (Å²) in [5.74, 6) is 2.17. The summed E-state index contributed by atoms with van der Waals surface area (Å²) in [4.78, 5) is 20.2. The van der Waals surface area contributed by atoms with Gasteiger partial charge in [-0.1, -0.05) is 53.5 Å². The van der Waals surface area contributed by atoms with Crippen LogP contribution in [0.2, 0.25) is 10.0 Å². The Hall–Kier alpha value is -4.00. The number of rotatable bonds is 5. The molecule has 0 aliphatic rings. The molecule has 8 heteroatoms. The fourth-order valence-electron chi connectivity index (χ4n) is 3.41. The van der Waals surface area contributed by atoms with Gasteiger partial charge < -0.3 is 14.5 Å². The first kappa shape index (κ1) is 21.8. The third-order valence-corrected chi connectivity index (χ3v) is 5.55. The van der Waals surface area contributed by atoms with E-state index in [9.17, 15) is 4.79 Å². The Labute approximate surface area is 205 Å². The zero-order valence-corrected chi connectivity index (χ0v) is 19.1. The van der Waals surface area contributed by atoms with Crippen molar-refractivity contribution in [2.75, 3.05) is 5.32 Å². The third-order valence-electron chi connectivity index (χ3n) is 4.92. The fourth-order valence-corrected chi connectivity index (χ4v) is 3.98. The molecule has 1 amide bonds. The Morgan fingerprint density at radius 2 is 1.53 bits per heavy atom. The monoisotopic (exact) mass is 489 g/mol. The summed E-state index contributed by atoms with van der Waals surface area (Å²) in [5.41, 5.74) is 2.51. The van der Waals surface area contributed by atoms with Crippen LogP contribution in [-0.2, 0) is 0 Å². The van der Waals surface area contributed by atoms with E-state index in [0.717, 1.165) is 0 Å². The summed E-state index contributed by atoms with van der Waals surface area (Å²) < 4.78 is 11.3. The summed E-state index contributed by atoms with van der Waals surface area (Å²) in [6.45, 7) is 0. The minimum absolute atomic E-state index is 0.349. The molecule has 0 spiro atoms. The van der Waals surface area contributed by atoms with Crippen LogP contribution in [0.4, 0.5) is 10.5 Å². The van der Waals surface area contributed by atoms with E-state index >= 15 is 0 Å². The summed E-state index contributed by atoms with van der Waals surface area (Å²) in [7, 11) is 0. The maximum Gasteiger partial charge on any atom is 0.417 e. The van der Waals surface area contributed by atoms with Crippen molar-refractivity contribution in [3.63, 3.8) is 0 Å². The highest BCUT2D eigenvalue weighted by Gasteiger charge is 2.14. The number of benzene rings is 4. The molecule has 0 fully saturated rings. The summed E-state index contributed by atoms with van der Waals surface area (Å²) in [6, 6.07) is 26.8. The molecule has 2 N–H and O–H groups in total. The van der Waals surface area contributed by atoms with Gasteiger partial charge in [-0.2, -0.15) is 0 Å². The number of ether oxygens (including phenoxy) is 2. The predicted octanol–water partition coefficient (Wildman–Crippen LogP) is 7.94. The number of amides is 1. The average molecular weight is 490 g/mol. The third kappa shape index (κ3) is 4.83. The average Bonchev–Trinajstić information content (AvgIpc) is 3.22. The molecule has 168 valence electrons.